The van der Waals surface area contributed by atoms with Crippen molar-refractivity contribution in [3.63, 3.8) is 0 Å². The van der Waals surface area contributed by atoms with Crippen molar-refractivity contribution < 1.29 is 4.74 Å². The smallest absolute Gasteiger partial charge is 0.0674 e. The fourth-order valence-corrected chi connectivity index (χ4v) is 2.34. The molecule has 1 unspecified atom stereocenters. The molecule has 0 amide bonds. The molecule has 0 spiro atoms. The maximum Gasteiger partial charge on any atom is 0.0674 e. The van der Waals surface area contributed by atoms with Gasteiger partial charge in [-0.3, -0.25) is 4.90 Å². The quantitative estimate of drug-likeness (QED) is 0.827. The maximum atomic E-state index is 5.64. The van der Waals surface area contributed by atoms with Gasteiger partial charge in [-0.15, -0.1) is 0 Å². The zero-order valence-corrected chi connectivity index (χ0v) is 11.2. The van der Waals surface area contributed by atoms with Crippen molar-refractivity contribution in [1.82, 2.24) is 4.90 Å². The topological polar surface area (TPSA) is 12.5 Å². The predicted octanol–water partition coefficient (Wildman–Crippen LogP) is 3.06. The standard InChI is InChI=1S/C13H18BrNO/c1-11-9-15(7-2-8-16-11)10-12-3-5-13(14)6-4-12/h3-6,11H,2,7-10H2,1H3. The van der Waals surface area contributed by atoms with Crippen LogP contribution in [0.1, 0.15) is 18.9 Å². The van der Waals surface area contributed by atoms with Crippen molar-refractivity contribution in [1.29, 1.82) is 0 Å². The molecule has 0 aromatic heterocycles. The number of hydrogen-bond donors (Lipinski definition) is 0. The van der Waals surface area contributed by atoms with Crippen molar-refractivity contribution in [3.8, 4) is 0 Å². The molecule has 1 heterocycles. The molecule has 1 atom stereocenters. The molecule has 1 aromatic rings. The molecular weight excluding hydrogens is 266 g/mol. The molecule has 1 aromatic carbocycles. The molecule has 2 rings (SSSR count). The highest BCUT2D eigenvalue weighted by molar-refractivity contribution is 9.10. The Kier molecular flexibility index (Phi) is 4.38. The van der Waals surface area contributed by atoms with E-state index in [1.54, 1.807) is 0 Å². The van der Waals surface area contributed by atoms with Crippen molar-refractivity contribution in [2.75, 3.05) is 19.7 Å². The Morgan fingerprint density at radius 1 is 1.38 bits per heavy atom. The molecule has 0 radical (unpaired) electrons. The first-order chi connectivity index (χ1) is 7.74. The fraction of sp³-hybridized carbons (Fsp3) is 0.538. The highest BCUT2D eigenvalue weighted by atomic mass is 79.9. The third-order valence-electron chi connectivity index (χ3n) is 2.86. The Labute approximate surface area is 106 Å². The molecule has 3 heteroatoms. The number of rotatable bonds is 2. The van der Waals surface area contributed by atoms with Crippen LogP contribution >= 0.6 is 15.9 Å². The third-order valence-corrected chi connectivity index (χ3v) is 3.38. The van der Waals surface area contributed by atoms with Crippen LogP contribution in [0.15, 0.2) is 28.7 Å². The van der Waals surface area contributed by atoms with Gasteiger partial charge in [0.2, 0.25) is 0 Å². The van der Waals surface area contributed by atoms with E-state index in [4.69, 9.17) is 4.74 Å². The van der Waals surface area contributed by atoms with Crippen LogP contribution in [0.25, 0.3) is 0 Å². The van der Waals surface area contributed by atoms with Gasteiger partial charge in [0.1, 0.15) is 0 Å². The van der Waals surface area contributed by atoms with E-state index in [1.807, 2.05) is 0 Å². The monoisotopic (exact) mass is 283 g/mol. The lowest BCUT2D eigenvalue weighted by molar-refractivity contribution is 0.0668. The SMILES string of the molecule is CC1CN(Cc2ccc(Br)cc2)CCCO1. The molecule has 0 aliphatic carbocycles. The Hall–Kier alpha value is -0.380. The first-order valence-corrected chi connectivity index (χ1v) is 6.62. The molecule has 1 fully saturated rings. The lowest BCUT2D eigenvalue weighted by Gasteiger charge is -2.21. The van der Waals surface area contributed by atoms with Crippen LogP contribution < -0.4 is 0 Å². The minimum Gasteiger partial charge on any atom is -0.377 e. The van der Waals surface area contributed by atoms with E-state index < -0.39 is 0 Å². The van der Waals surface area contributed by atoms with Gasteiger partial charge in [0, 0.05) is 30.7 Å². The Morgan fingerprint density at radius 2 is 2.12 bits per heavy atom. The molecule has 16 heavy (non-hydrogen) atoms. The number of nitrogens with zero attached hydrogens (tertiary/aromatic N) is 1. The zero-order chi connectivity index (χ0) is 11.4. The van der Waals surface area contributed by atoms with Crippen molar-refractivity contribution in [2.45, 2.75) is 26.0 Å². The van der Waals surface area contributed by atoms with Gasteiger partial charge in [-0.25, -0.2) is 0 Å². The Morgan fingerprint density at radius 3 is 2.88 bits per heavy atom. The molecular formula is C13H18BrNO. The summed E-state index contributed by atoms with van der Waals surface area (Å²) in [6.07, 6.45) is 1.50. The third kappa shape index (κ3) is 3.58. The summed E-state index contributed by atoms with van der Waals surface area (Å²) in [4.78, 5) is 2.47. The van der Waals surface area contributed by atoms with E-state index in [1.165, 1.54) is 5.56 Å². The second-order valence-electron chi connectivity index (χ2n) is 4.40. The van der Waals surface area contributed by atoms with Crippen molar-refractivity contribution >= 4 is 15.9 Å². The summed E-state index contributed by atoms with van der Waals surface area (Å²) in [7, 11) is 0. The summed E-state index contributed by atoms with van der Waals surface area (Å²) in [6.45, 7) is 6.26. The van der Waals surface area contributed by atoms with E-state index >= 15 is 0 Å². The van der Waals surface area contributed by atoms with E-state index in [2.05, 4.69) is 52.0 Å². The van der Waals surface area contributed by atoms with E-state index in [9.17, 15) is 0 Å². The highest BCUT2D eigenvalue weighted by Crippen LogP contribution is 2.14. The highest BCUT2D eigenvalue weighted by Gasteiger charge is 2.14. The first-order valence-electron chi connectivity index (χ1n) is 5.82. The molecule has 0 bridgehead atoms. The number of hydrogen-bond acceptors (Lipinski definition) is 2. The lowest BCUT2D eigenvalue weighted by Crippen LogP contribution is -2.29. The first kappa shape index (κ1) is 12.1. The molecule has 1 aliphatic heterocycles. The van der Waals surface area contributed by atoms with Crippen LogP contribution in [-0.2, 0) is 11.3 Å². The van der Waals surface area contributed by atoms with E-state index in [-0.39, 0.29) is 0 Å². The van der Waals surface area contributed by atoms with E-state index in [0.717, 1.165) is 37.1 Å². The van der Waals surface area contributed by atoms with Gasteiger partial charge in [0.15, 0.2) is 0 Å². The Balaban J connectivity index is 1.95. The predicted molar refractivity (Wildman–Crippen MR) is 69.5 cm³/mol. The maximum absolute atomic E-state index is 5.64. The molecule has 1 aliphatic rings. The van der Waals surface area contributed by atoms with E-state index in [0.29, 0.717) is 6.10 Å². The summed E-state index contributed by atoms with van der Waals surface area (Å²) >= 11 is 3.46. The largest absolute Gasteiger partial charge is 0.377 e. The van der Waals surface area contributed by atoms with Gasteiger partial charge in [0.05, 0.1) is 6.10 Å². The van der Waals surface area contributed by atoms with Gasteiger partial charge < -0.3 is 4.74 Å². The summed E-state index contributed by atoms with van der Waals surface area (Å²) < 4.78 is 6.78. The molecule has 0 saturated carbocycles. The number of halogens is 1. The fourth-order valence-electron chi connectivity index (χ4n) is 2.07. The second-order valence-corrected chi connectivity index (χ2v) is 5.31. The average molecular weight is 284 g/mol. The van der Waals surface area contributed by atoms with Gasteiger partial charge >= 0.3 is 0 Å². The van der Waals surface area contributed by atoms with Gasteiger partial charge in [-0.05, 0) is 31.0 Å². The van der Waals surface area contributed by atoms with Gasteiger partial charge in [0.25, 0.3) is 0 Å². The summed E-state index contributed by atoms with van der Waals surface area (Å²) in [5.74, 6) is 0. The summed E-state index contributed by atoms with van der Waals surface area (Å²) in [5, 5.41) is 0. The van der Waals surface area contributed by atoms with Gasteiger partial charge in [-0.2, -0.15) is 0 Å². The second kappa shape index (κ2) is 5.80. The van der Waals surface area contributed by atoms with Crippen LogP contribution in [-0.4, -0.2) is 30.7 Å². The number of benzene rings is 1. The zero-order valence-electron chi connectivity index (χ0n) is 9.66. The normalized spacial score (nSPS) is 23.0. The minimum atomic E-state index is 0.359. The summed E-state index contributed by atoms with van der Waals surface area (Å²) in [5.41, 5.74) is 1.37. The molecule has 2 nitrogen and oxygen atoms in total. The molecule has 88 valence electrons. The van der Waals surface area contributed by atoms with Crippen LogP contribution in [0.2, 0.25) is 0 Å². The average Bonchev–Trinajstić information content (AvgIpc) is 2.46. The Bertz CT molecular complexity index is 325. The lowest BCUT2D eigenvalue weighted by atomic mass is 10.2. The molecule has 0 N–H and O–H groups in total. The minimum absolute atomic E-state index is 0.359. The van der Waals surface area contributed by atoms with Gasteiger partial charge in [-0.1, -0.05) is 28.1 Å². The van der Waals surface area contributed by atoms with Crippen LogP contribution in [0.3, 0.4) is 0 Å². The van der Waals surface area contributed by atoms with Crippen LogP contribution in [0, 0.1) is 0 Å². The van der Waals surface area contributed by atoms with Crippen molar-refractivity contribution in [3.05, 3.63) is 34.3 Å². The summed E-state index contributed by atoms with van der Waals surface area (Å²) in [6, 6.07) is 8.57. The van der Waals surface area contributed by atoms with Crippen molar-refractivity contribution in [2.24, 2.45) is 0 Å². The number of ether oxygens (including phenoxy) is 1. The molecule has 1 saturated heterocycles. The van der Waals surface area contributed by atoms with Crippen LogP contribution in [0.4, 0.5) is 0 Å². The van der Waals surface area contributed by atoms with Crippen LogP contribution in [0.5, 0.6) is 0 Å².